The Bertz CT molecular complexity index is 528. The minimum atomic E-state index is -0.695. The molecule has 25 heavy (non-hydrogen) atoms. The molecule has 0 aliphatic heterocycles. The van der Waals surface area contributed by atoms with Crippen molar-refractivity contribution in [3.05, 3.63) is 29.0 Å². The number of benzene rings is 1. The number of esters is 2. The summed E-state index contributed by atoms with van der Waals surface area (Å²) in [6.07, 6.45) is 7.18. The van der Waals surface area contributed by atoms with Gasteiger partial charge >= 0.3 is 11.9 Å². The highest BCUT2D eigenvalue weighted by Crippen LogP contribution is 2.27. The first-order valence-electron chi connectivity index (χ1n) is 8.85. The average Bonchev–Trinajstić information content (AvgIpc) is 2.57. The third kappa shape index (κ3) is 9.44. The van der Waals surface area contributed by atoms with Gasteiger partial charge in [-0.1, -0.05) is 56.7 Å². The molecule has 1 rings (SSSR count). The minimum absolute atomic E-state index is 0.00319. The van der Waals surface area contributed by atoms with Crippen molar-refractivity contribution in [3.8, 4) is 5.75 Å². The number of unbranched alkanes of at least 4 members (excludes halogenated alkanes) is 5. The van der Waals surface area contributed by atoms with E-state index in [2.05, 4.69) is 6.92 Å². The van der Waals surface area contributed by atoms with Gasteiger partial charge in [0.25, 0.3) is 0 Å². The molecule has 6 heteroatoms. The van der Waals surface area contributed by atoms with Crippen molar-refractivity contribution in [3.63, 3.8) is 0 Å². The third-order valence-corrected chi connectivity index (χ3v) is 3.96. The zero-order valence-corrected chi connectivity index (χ0v) is 15.4. The summed E-state index contributed by atoms with van der Waals surface area (Å²) < 4.78 is 23.5. The number of hydrogen-bond donors (Lipinski definition) is 0. The van der Waals surface area contributed by atoms with Gasteiger partial charge in [0.05, 0.1) is 11.6 Å². The molecule has 0 atom stereocenters. The first-order valence-corrected chi connectivity index (χ1v) is 9.22. The normalized spacial score (nSPS) is 10.5. The Hall–Kier alpha value is -1.62. The van der Waals surface area contributed by atoms with Crippen LogP contribution in [-0.4, -0.2) is 18.5 Å². The van der Waals surface area contributed by atoms with Crippen LogP contribution in [0.1, 0.15) is 64.7 Å². The van der Waals surface area contributed by atoms with E-state index in [1.54, 1.807) is 0 Å². The zero-order chi connectivity index (χ0) is 18.5. The van der Waals surface area contributed by atoms with Crippen LogP contribution >= 0.6 is 11.6 Å². The van der Waals surface area contributed by atoms with Gasteiger partial charge in [-0.25, -0.2) is 4.39 Å². The minimum Gasteiger partial charge on any atom is -0.466 e. The molecule has 0 aliphatic rings. The van der Waals surface area contributed by atoms with Crippen LogP contribution in [0.3, 0.4) is 0 Å². The van der Waals surface area contributed by atoms with Crippen LogP contribution in [0, 0.1) is 5.82 Å². The molecule has 0 radical (unpaired) electrons. The smallest absolute Gasteiger partial charge is 0.311 e. The number of carbonyl (C=O) groups excluding carboxylic acids is 2. The Morgan fingerprint density at radius 1 is 1.00 bits per heavy atom. The third-order valence-electron chi connectivity index (χ3n) is 3.66. The Balaban J connectivity index is 2.11. The molecule has 4 nitrogen and oxygen atoms in total. The second-order valence-electron chi connectivity index (χ2n) is 5.87. The lowest BCUT2D eigenvalue weighted by atomic mass is 10.1. The average molecular weight is 373 g/mol. The van der Waals surface area contributed by atoms with Crippen molar-refractivity contribution in [1.29, 1.82) is 0 Å². The van der Waals surface area contributed by atoms with Gasteiger partial charge < -0.3 is 9.47 Å². The monoisotopic (exact) mass is 372 g/mol. The van der Waals surface area contributed by atoms with Gasteiger partial charge in [-0.2, -0.15) is 0 Å². The molecule has 0 aliphatic carbocycles. The maximum atomic E-state index is 13.5. The second-order valence-corrected chi connectivity index (χ2v) is 6.27. The van der Waals surface area contributed by atoms with Gasteiger partial charge in [0, 0.05) is 12.8 Å². The number of hydrogen-bond acceptors (Lipinski definition) is 4. The van der Waals surface area contributed by atoms with Crippen LogP contribution in [0.4, 0.5) is 4.39 Å². The summed E-state index contributed by atoms with van der Waals surface area (Å²) in [6, 6.07) is 4.02. The fourth-order valence-corrected chi connectivity index (χ4v) is 2.46. The molecule has 0 unspecified atom stereocenters. The topological polar surface area (TPSA) is 52.6 Å². The summed E-state index contributed by atoms with van der Waals surface area (Å²) in [4.78, 5) is 23.3. The van der Waals surface area contributed by atoms with Crippen molar-refractivity contribution >= 4 is 23.5 Å². The largest absolute Gasteiger partial charge is 0.466 e. The summed E-state index contributed by atoms with van der Waals surface area (Å²) in [6.45, 7) is 2.59. The molecule has 1 aromatic rings. The number of carbonyl (C=O) groups is 2. The second kappa shape index (κ2) is 12.7. The summed E-state index contributed by atoms with van der Waals surface area (Å²) in [5.74, 6) is -1.93. The molecule has 0 saturated heterocycles. The van der Waals surface area contributed by atoms with Crippen LogP contribution < -0.4 is 4.74 Å². The maximum Gasteiger partial charge on any atom is 0.311 e. The molecule has 0 heterocycles. The highest BCUT2D eigenvalue weighted by molar-refractivity contribution is 6.32. The number of halogens is 2. The molecule has 0 bridgehead atoms. The van der Waals surface area contributed by atoms with Gasteiger partial charge in [0.15, 0.2) is 11.6 Å². The van der Waals surface area contributed by atoms with Crippen LogP contribution in [0.5, 0.6) is 5.75 Å². The van der Waals surface area contributed by atoms with E-state index in [4.69, 9.17) is 21.1 Å². The Labute approximate surface area is 153 Å². The van der Waals surface area contributed by atoms with E-state index in [1.165, 1.54) is 31.4 Å². The summed E-state index contributed by atoms with van der Waals surface area (Å²) in [5.41, 5.74) is 0. The van der Waals surface area contributed by atoms with Gasteiger partial charge in [-0.15, -0.1) is 0 Å². The van der Waals surface area contributed by atoms with Gasteiger partial charge in [-0.3, -0.25) is 9.59 Å². The van der Waals surface area contributed by atoms with E-state index < -0.39 is 11.8 Å². The van der Waals surface area contributed by atoms with E-state index in [1.807, 2.05) is 0 Å². The van der Waals surface area contributed by atoms with E-state index in [9.17, 15) is 14.0 Å². The van der Waals surface area contributed by atoms with Gasteiger partial charge in [0.2, 0.25) is 0 Å². The molecule has 0 N–H and O–H groups in total. The van der Waals surface area contributed by atoms with Gasteiger partial charge in [-0.05, 0) is 25.0 Å². The molecule has 0 fully saturated rings. The first kappa shape index (κ1) is 21.4. The standard InChI is InChI=1S/C19H26ClFO4/c1-2-3-4-5-6-7-14-24-17(22)12-9-13-18(23)25-19-15(20)10-8-11-16(19)21/h8,10-11H,2-7,9,12-14H2,1H3. The fourth-order valence-electron chi connectivity index (χ4n) is 2.26. The Morgan fingerprint density at radius 3 is 2.40 bits per heavy atom. The Morgan fingerprint density at radius 2 is 1.68 bits per heavy atom. The quantitative estimate of drug-likeness (QED) is 0.278. The molecular formula is C19H26ClFO4. The number of para-hydroxylation sites is 1. The summed E-state index contributed by atoms with van der Waals surface area (Å²) in [5, 5.41) is 0.0340. The number of rotatable bonds is 12. The van der Waals surface area contributed by atoms with Crippen molar-refractivity contribution in [2.24, 2.45) is 0 Å². The highest BCUT2D eigenvalue weighted by Gasteiger charge is 2.14. The van der Waals surface area contributed by atoms with Crippen molar-refractivity contribution in [2.45, 2.75) is 64.7 Å². The fraction of sp³-hybridized carbons (Fsp3) is 0.579. The summed E-state index contributed by atoms with van der Waals surface area (Å²) >= 11 is 5.78. The van der Waals surface area contributed by atoms with Crippen molar-refractivity contribution in [2.75, 3.05) is 6.61 Å². The van der Waals surface area contributed by atoms with Crippen molar-refractivity contribution in [1.82, 2.24) is 0 Å². The van der Waals surface area contributed by atoms with Crippen LogP contribution in [-0.2, 0) is 14.3 Å². The lowest BCUT2D eigenvalue weighted by Crippen LogP contribution is -2.11. The molecule has 0 saturated carbocycles. The van der Waals surface area contributed by atoms with Crippen LogP contribution in [0.25, 0.3) is 0 Å². The number of ether oxygens (including phenoxy) is 2. The molecular weight excluding hydrogens is 347 g/mol. The van der Waals surface area contributed by atoms with E-state index in [0.717, 1.165) is 25.3 Å². The highest BCUT2D eigenvalue weighted by atomic mass is 35.5. The maximum absolute atomic E-state index is 13.5. The van der Waals surface area contributed by atoms with Crippen molar-refractivity contribution < 1.29 is 23.5 Å². The zero-order valence-electron chi connectivity index (χ0n) is 14.7. The predicted octanol–water partition coefficient (Wildman–Crippen LogP) is 5.46. The Kier molecular flexibility index (Phi) is 10.9. The van der Waals surface area contributed by atoms with Crippen LogP contribution in [0.2, 0.25) is 5.02 Å². The SMILES string of the molecule is CCCCCCCCOC(=O)CCCC(=O)Oc1c(F)cccc1Cl. The van der Waals surface area contributed by atoms with E-state index in [0.29, 0.717) is 13.0 Å². The molecule has 0 spiro atoms. The first-order chi connectivity index (χ1) is 12.0. The lowest BCUT2D eigenvalue weighted by Gasteiger charge is -2.07. The molecule has 0 amide bonds. The molecule has 0 aromatic heterocycles. The van der Waals surface area contributed by atoms with E-state index in [-0.39, 0.29) is 29.6 Å². The van der Waals surface area contributed by atoms with E-state index >= 15 is 0 Å². The predicted molar refractivity (Wildman–Crippen MR) is 95.2 cm³/mol. The summed E-state index contributed by atoms with van der Waals surface area (Å²) in [7, 11) is 0. The lowest BCUT2D eigenvalue weighted by molar-refractivity contribution is -0.144. The molecule has 1 aromatic carbocycles. The van der Waals surface area contributed by atoms with Gasteiger partial charge in [0.1, 0.15) is 0 Å². The van der Waals surface area contributed by atoms with Crippen LogP contribution in [0.15, 0.2) is 18.2 Å². The molecule has 140 valence electrons.